The summed E-state index contributed by atoms with van der Waals surface area (Å²) in [6.07, 6.45) is 8.54. The van der Waals surface area contributed by atoms with Gasteiger partial charge < -0.3 is 10.0 Å². The molecule has 0 heterocycles. The molecule has 0 aromatic carbocycles. The number of nitrogens with zero attached hydrogens (tertiary/aromatic N) is 1. The van der Waals surface area contributed by atoms with E-state index in [4.69, 9.17) is 0 Å². The summed E-state index contributed by atoms with van der Waals surface area (Å²) in [7, 11) is 0. The minimum Gasteiger partial charge on any atom is -0.481 e. The Morgan fingerprint density at radius 2 is 1.84 bits per heavy atom. The summed E-state index contributed by atoms with van der Waals surface area (Å²) in [5.41, 5.74) is 0. The molecule has 19 heavy (non-hydrogen) atoms. The van der Waals surface area contributed by atoms with Crippen LogP contribution < -0.4 is 0 Å². The summed E-state index contributed by atoms with van der Waals surface area (Å²) in [6, 6.07) is 0. The Morgan fingerprint density at radius 1 is 1.21 bits per heavy atom. The molecule has 0 aromatic rings. The van der Waals surface area contributed by atoms with E-state index in [1.54, 1.807) is 0 Å². The van der Waals surface area contributed by atoms with Crippen molar-refractivity contribution in [2.24, 2.45) is 17.8 Å². The lowest BCUT2D eigenvalue weighted by Crippen LogP contribution is -2.44. The SMILES string of the molecule is CCN(CC1CCC1)C(=O)[C@@H]1CC=CC[C@@H]1C(=O)O. The predicted octanol–water partition coefficient (Wildman–Crippen LogP) is 2.30. The molecule has 0 saturated heterocycles. The van der Waals surface area contributed by atoms with E-state index >= 15 is 0 Å². The number of hydrogen-bond donors (Lipinski definition) is 1. The second-order valence-electron chi connectivity index (χ2n) is 5.67. The lowest BCUT2D eigenvalue weighted by atomic mass is 9.81. The Morgan fingerprint density at radius 3 is 2.32 bits per heavy atom. The highest BCUT2D eigenvalue weighted by Crippen LogP contribution is 2.31. The third kappa shape index (κ3) is 3.17. The Labute approximate surface area is 114 Å². The first kappa shape index (κ1) is 14.1. The molecule has 0 aromatic heterocycles. The summed E-state index contributed by atoms with van der Waals surface area (Å²) in [5.74, 6) is -1.10. The quantitative estimate of drug-likeness (QED) is 0.776. The van der Waals surface area contributed by atoms with Crippen molar-refractivity contribution in [1.82, 2.24) is 4.90 Å². The van der Waals surface area contributed by atoms with Crippen molar-refractivity contribution in [2.45, 2.75) is 39.0 Å². The van der Waals surface area contributed by atoms with Gasteiger partial charge in [0.05, 0.1) is 11.8 Å². The third-order valence-electron chi connectivity index (χ3n) is 4.46. The van der Waals surface area contributed by atoms with Gasteiger partial charge in [-0.3, -0.25) is 9.59 Å². The van der Waals surface area contributed by atoms with E-state index in [1.165, 1.54) is 19.3 Å². The van der Waals surface area contributed by atoms with Crippen LogP contribution in [-0.2, 0) is 9.59 Å². The fourth-order valence-corrected chi connectivity index (χ4v) is 2.96. The van der Waals surface area contributed by atoms with E-state index in [0.717, 1.165) is 6.54 Å². The molecule has 4 heteroatoms. The number of amides is 1. The second kappa shape index (κ2) is 6.22. The molecule has 1 N–H and O–H groups in total. The average Bonchev–Trinajstić information content (AvgIpc) is 2.37. The molecule has 0 bridgehead atoms. The maximum absolute atomic E-state index is 12.5. The van der Waals surface area contributed by atoms with Crippen molar-refractivity contribution in [1.29, 1.82) is 0 Å². The largest absolute Gasteiger partial charge is 0.481 e. The van der Waals surface area contributed by atoms with Gasteiger partial charge >= 0.3 is 5.97 Å². The van der Waals surface area contributed by atoms with E-state index in [2.05, 4.69) is 0 Å². The van der Waals surface area contributed by atoms with Gasteiger partial charge in [0.15, 0.2) is 0 Å². The second-order valence-corrected chi connectivity index (χ2v) is 5.67. The molecule has 0 radical (unpaired) electrons. The lowest BCUT2D eigenvalue weighted by molar-refractivity contribution is -0.151. The van der Waals surface area contributed by atoms with Gasteiger partial charge in [-0.25, -0.2) is 0 Å². The van der Waals surface area contributed by atoms with Crippen LogP contribution in [-0.4, -0.2) is 35.0 Å². The van der Waals surface area contributed by atoms with Gasteiger partial charge in [-0.05, 0) is 38.5 Å². The number of carbonyl (C=O) groups excluding carboxylic acids is 1. The molecule has 1 amide bonds. The molecular weight excluding hydrogens is 242 g/mol. The van der Waals surface area contributed by atoms with Crippen LogP contribution in [0, 0.1) is 17.8 Å². The number of hydrogen-bond acceptors (Lipinski definition) is 2. The fraction of sp³-hybridized carbons (Fsp3) is 0.733. The summed E-state index contributed by atoms with van der Waals surface area (Å²) >= 11 is 0. The lowest BCUT2D eigenvalue weighted by Gasteiger charge is -2.35. The van der Waals surface area contributed by atoms with E-state index in [-0.39, 0.29) is 11.8 Å². The Balaban J connectivity index is 2.02. The summed E-state index contributed by atoms with van der Waals surface area (Å²) in [5, 5.41) is 9.25. The van der Waals surface area contributed by atoms with Crippen LogP contribution in [0.3, 0.4) is 0 Å². The summed E-state index contributed by atoms with van der Waals surface area (Å²) in [6.45, 7) is 3.47. The molecule has 0 aliphatic heterocycles. The molecule has 2 rings (SSSR count). The molecule has 106 valence electrons. The molecule has 2 aliphatic carbocycles. The van der Waals surface area contributed by atoms with Crippen molar-refractivity contribution in [3.63, 3.8) is 0 Å². The first-order chi connectivity index (χ1) is 9.13. The van der Waals surface area contributed by atoms with Crippen molar-refractivity contribution in [2.75, 3.05) is 13.1 Å². The van der Waals surface area contributed by atoms with Crippen LogP contribution >= 0.6 is 0 Å². The molecule has 0 unspecified atom stereocenters. The van der Waals surface area contributed by atoms with Gasteiger partial charge in [-0.1, -0.05) is 18.6 Å². The molecule has 1 fully saturated rings. The van der Waals surface area contributed by atoms with E-state index in [1.807, 2.05) is 24.0 Å². The Hall–Kier alpha value is -1.32. The molecule has 4 nitrogen and oxygen atoms in total. The minimum absolute atomic E-state index is 0.0335. The number of carboxylic acids is 1. The van der Waals surface area contributed by atoms with Crippen LogP contribution in [0.2, 0.25) is 0 Å². The monoisotopic (exact) mass is 265 g/mol. The molecule has 2 aliphatic rings. The minimum atomic E-state index is -0.845. The first-order valence-electron chi connectivity index (χ1n) is 7.30. The smallest absolute Gasteiger partial charge is 0.307 e. The zero-order valence-electron chi connectivity index (χ0n) is 11.5. The van der Waals surface area contributed by atoms with E-state index in [9.17, 15) is 14.7 Å². The average molecular weight is 265 g/mol. The first-order valence-corrected chi connectivity index (χ1v) is 7.30. The molecular formula is C15H23NO3. The van der Waals surface area contributed by atoms with Crippen LogP contribution in [0.25, 0.3) is 0 Å². The molecule has 0 spiro atoms. The highest BCUT2D eigenvalue weighted by molar-refractivity contribution is 5.85. The van der Waals surface area contributed by atoms with Crippen LogP contribution in [0.5, 0.6) is 0 Å². The number of aliphatic carboxylic acids is 1. The van der Waals surface area contributed by atoms with Crippen molar-refractivity contribution < 1.29 is 14.7 Å². The topological polar surface area (TPSA) is 57.6 Å². The molecule has 1 saturated carbocycles. The normalized spacial score (nSPS) is 26.8. The molecule has 2 atom stereocenters. The van der Waals surface area contributed by atoms with Gasteiger partial charge in [0.2, 0.25) is 5.91 Å². The van der Waals surface area contributed by atoms with Gasteiger partial charge in [0.1, 0.15) is 0 Å². The maximum atomic E-state index is 12.5. The van der Waals surface area contributed by atoms with Crippen molar-refractivity contribution in [3.05, 3.63) is 12.2 Å². The maximum Gasteiger partial charge on any atom is 0.307 e. The standard InChI is InChI=1S/C15H23NO3/c1-2-16(10-11-6-5-7-11)14(17)12-8-3-4-9-13(12)15(18)19/h3-4,11-13H,2,5-10H2,1H3,(H,18,19)/t12-,13+/m1/s1. The summed E-state index contributed by atoms with van der Waals surface area (Å²) in [4.78, 5) is 25.7. The number of carboxylic acid groups (broad SMARTS) is 1. The third-order valence-corrected chi connectivity index (χ3v) is 4.46. The van der Waals surface area contributed by atoms with Crippen molar-refractivity contribution >= 4 is 11.9 Å². The Bertz CT molecular complexity index is 374. The zero-order valence-corrected chi connectivity index (χ0v) is 11.5. The predicted molar refractivity (Wildman–Crippen MR) is 72.6 cm³/mol. The number of rotatable bonds is 5. The zero-order chi connectivity index (χ0) is 13.8. The fourth-order valence-electron chi connectivity index (χ4n) is 2.96. The Kier molecular flexibility index (Phi) is 4.61. The van der Waals surface area contributed by atoms with E-state index < -0.39 is 11.9 Å². The van der Waals surface area contributed by atoms with Gasteiger partial charge in [-0.2, -0.15) is 0 Å². The van der Waals surface area contributed by atoms with Crippen LogP contribution in [0.4, 0.5) is 0 Å². The van der Waals surface area contributed by atoms with Gasteiger partial charge in [0.25, 0.3) is 0 Å². The van der Waals surface area contributed by atoms with Gasteiger partial charge in [0, 0.05) is 13.1 Å². The van der Waals surface area contributed by atoms with Crippen LogP contribution in [0.1, 0.15) is 39.0 Å². The van der Waals surface area contributed by atoms with Gasteiger partial charge in [-0.15, -0.1) is 0 Å². The highest BCUT2D eigenvalue weighted by atomic mass is 16.4. The number of allylic oxidation sites excluding steroid dienone is 2. The summed E-state index contributed by atoms with van der Waals surface area (Å²) < 4.78 is 0. The number of carbonyl (C=O) groups is 2. The van der Waals surface area contributed by atoms with Crippen LogP contribution in [0.15, 0.2) is 12.2 Å². The van der Waals surface area contributed by atoms with E-state index in [0.29, 0.717) is 25.3 Å². The van der Waals surface area contributed by atoms with Crippen molar-refractivity contribution in [3.8, 4) is 0 Å². The highest BCUT2D eigenvalue weighted by Gasteiger charge is 2.36.